The van der Waals surface area contributed by atoms with Crippen molar-refractivity contribution in [3.63, 3.8) is 0 Å². The van der Waals surface area contributed by atoms with Crippen molar-refractivity contribution >= 4 is 0 Å². The van der Waals surface area contributed by atoms with Crippen molar-refractivity contribution in [2.24, 2.45) is 10.8 Å². The third-order valence-corrected chi connectivity index (χ3v) is 6.26. The van der Waals surface area contributed by atoms with Crippen LogP contribution in [0.2, 0.25) is 0 Å². The molecule has 0 aliphatic heterocycles. The molecule has 23 heavy (non-hydrogen) atoms. The van der Waals surface area contributed by atoms with E-state index in [4.69, 9.17) is 2.74 Å². The van der Waals surface area contributed by atoms with E-state index < -0.39 is 11.8 Å². The Kier molecular flexibility index (Phi) is 6.75. The predicted molar refractivity (Wildman–Crippen MR) is 99.3 cm³/mol. The molecule has 1 atom stereocenters. The molecule has 0 saturated heterocycles. The Labute approximate surface area is 148 Å². The monoisotopic (exact) mass is 319 g/mol. The van der Waals surface area contributed by atoms with Crippen molar-refractivity contribution in [3.8, 4) is 6.07 Å². The zero-order chi connectivity index (χ0) is 18.2. The van der Waals surface area contributed by atoms with Gasteiger partial charge >= 0.3 is 0 Å². The number of hydrogen-bond acceptors (Lipinski definition) is 1. The van der Waals surface area contributed by atoms with Gasteiger partial charge in [-0.05, 0) is 31.1 Å². The molecule has 2 rings (SSSR count). The Bertz CT molecular complexity index is 424. The van der Waals surface area contributed by atoms with Gasteiger partial charge in [0.15, 0.2) is 0 Å². The fraction of sp³-hybridized carbons (Fsp3) is 0.955. The summed E-state index contributed by atoms with van der Waals surface area (Å²) >= 11 is 0. The molecule has 1 unspecified atom stereocenters. The van der Waals surface area contributed by atoms with Crippen molar-refractivity contribution in [1.82, 2.24) is 0 Å². The number of rotatable bonds is 3. The van der Waals surface area contributed by atoms with E-state index in [0.717, 1.165) is 44.9 Å². The van der Waals surface area contributed by atoms with Gasteiger partial charge in [-0.2, -0.15) is 5.26 Å². The molecule has 2 fully saturated rings. The van der Waals surface area contributed by atoms with Gasteiger partial charge in [0, 0.05) is 2.74 Å². The third kappa shape index (κ3) is 5.23. The smallest absolute Gasteiger partial charge is 0.0695 e. The van der Waals surface area contributed by atoms with Crippen molar-refractivity contribution in [1.29, 1.82) is 5.26 Å². The van der Waals surface area contributed by atoms with Crippen molar-refractivity contribution in [3.05, 3.63) is 0 Å². The predicted octanol–water partition coefficient (Wildman–Crippen LogP) is 7.55. The van der Waals surface area contributed by atoms with E-state index in [-0.39, 0.29) is 5.41 Å². The first-order chi connectivity index (χ1) is 12.1. The standard InChI is InChI=1S/C22H39N/c1-2-3-16-22(20-23)19-21(22)17-14-12-10-8-6-4-5-7-9-11-13-15-18-21/h2-19H2,1H3/i19D2. The molecule has 0 radical (unpaired) electrons. The summed E-state index contributed by atoms with van der Waals surface area (Å²) in [7, 11) is 0. The lowest BCUT2D eigenvalue weighted by atomic mass is 9.81. The van der Waals surface area contributed by atoms with Crippen molar-refractivity contribution in [2.75, 3.05) is 0 Å². The zero-order valence-corrected chi connectivity index (χ0v) is 15.5. The van der Waals surface area contributed by atoms with E-state index in [1.807, 2.05) is 0 Å². The highest BCUT2D eigenvalue weighted by molar-refractivity contribution is 5.24. The van der Waals surface area contributed by atoms with Gasteiger partial charge in [-0.3, -0.25) is 0 Å². The quantitative estimate of drug-likeness (QED) is 0.526. The van der Waals surface area contributed by atoms with E-state index in [1.54, 1.807) is 0 Å². The molecule has 0 aromatic rings. The lowest BCUT2D eigenvalue weighted by molar-refractivity contribution is 0.303. The molecule has 0 amide bonds. The lowest BCUT2D eigenvalue weighted by Crippen LogP contribution is -2.14. The summed E-state index contributed by atoms with van der Waals surface area (Å²) in [4.78, 5) is 0. The van der Waals surface area contributed by atoms with Gasteiger partial charge in [0.2, 0.25) is 0 Å². The first-order valence-corrected chi connectivity index (χ1v) is 10.5. The van der Waals surface area contributed by atoms with Gasteiger partial charge in [0.1, 0.15) is 0 Å². The highest BCUT2D eigenvalue weighted by Gasteiger charge is 2.65. The Morgan fingerprint density at radius 3 is 1.65 bits per heavy atom. The molecule has 0 heterocycles. The zero-order valence-electron chi connectivity index (χ0n) is 17.5. The fourth-order valence-corrected chi connectivity index (χ4v) is 4.61. The van der Waals surface area contributed by atoms with Crippen molar-refractivity contribution in [2.45, 2.75) is 122 Å². The van der Waals surface area contributed by atoms with E-state index in [1.165, 1.54) is 64.2 Å². The van der Waals surface area contributed by atoms with E-state index in [2.05, 4.69) is 13.0 Å². The van der Waals surface area contributed by atoms with Gasteiger partial charge in [0.05, 0.1) is 11.5 Å². The van der Waals surface area contributed by atoms with Gasteiger partial charge in [-0.25, -0.2) is 0 Å². The molecule has 132 valence electrons. The molecule has 0 N–H and O–H groups in total. The van der Waals surface area contributed by atoms with Crippen LogP contribution < -0.4 is 0 Å². The summed E-state index contributed by atoms with van der Waals surface area (Å²) in [5, 5.41) is 9.95. The number of hydrogen-bond donors (Lipinski definition) is 0. The van der Waals surface area contributed by atoms with Crippen LogP contribution in [0.1, 0.15) is 125 Å². The van der Waals surface area contributed by atoms with Crippen LogP contribution in [0.25, 0.3) is 0 Å². The minimum Gasteiger partial charge on any atom is -0.198 e. The molecular weight excluding hydrogens is 278 g/mol. The van der Waals surface area contributed by atoms with E-state index in [9.17, 15) is 5.26 Å². The minimum atomic E-state index is -1.28. The lowest BCUT2D eigenvalue weighted by Gasteiger charge is -2.21. The van der Waals surface area contributed by atoms with Gasteiger partial charge in [-0.15, -0.1) is 0 Å². The highest BCUT2D eigenvalue weighted by atomic mass is 14.7. The molecule has 0 aromatic heterocycles. The molecule has 2 aliphatic carbocycles. The van der Waals surface area contributed by atoms with Gasteiger partial charge in [0.25, 0.3) is 0 Å². The number of unbranched alkanes of at least 4 members (excludes halogenated alkanes) is 1. The molecule has 2 saturated carbocycles. The van der Waals surface area contributed by atoms with E-state index >= 15 is 0 Å². The largest absolute Gasteiger partial charge is 0.198 e. The maximum Gasteiger partial charge on any atom is 0.0695 e. The maximum absolute atomic E-state index is 9.95. The Morgan fingerprint density at radius 1 is 0.826 bits per heavy atom. The highest BCUT2D eigenvalue weighted by Crippen LogP contribution is 2.71. The second-order valence-electron chi connectivity index (χ2n) is 8.07. The van der Waals surface area contributed by atoms with Crippen LogP contribution in [0, 0.1) is 22.2 Å². The Morgan fingerprint density at radius 2 is 1.26 bits per heavy atom. The summed E-state index contributed by atoms with van der Waals surface area (Å²) in [6.07, 6.45) is 18.8. The average Bonchev–Trinajstić information content (AvgIpc) is 3.02. The summed E-state index contributed by atoms with van der Waals surface area (Å²) < 4.78 is 17.4. The van der Waals surface area contributed by atoms with Crippen LogP contribution in [-0.4, -0.2) is 0 Å². The summed E-state index contributed by atoms with van der Waals surface area (Å²) in [6, 6.07) is 2.51. The Balaban J connectivity index is 2.06. The molecule has 2 aliphatic rings. The summed E-state index contributed by atoms with van der Waals surface area (Å²) in [6.45, 7) is 2.15. The summed E-state index contributed by atoms with van der Waals surface area (Å²) in [5.74, 6) is 0. The van der Waals surface area contributed by atoms with Crippen LogP contribution >= 0.6 is 0 Å². The topological polar surface area (TPSA) is 23.8 Å². The summed E-state index contributed by atoms with van der Waals surface area (Å²) in [5.41, 5.74) is -1.06. The van der Waals surface area contributed by atoms with Gasteiger partial charge in [-0.1, -0.05) is 96.8 Å². The third-order valence-electron chi connectivity index (χ3n) is 6.26. The number of nitrogens with zero attached hydrogens (tertiary/aromatic N) is 1. The van der Waals surface area contributed by atoms with Crippen LogP contribution in [0.5, 0.6) is 0 Å². The van der Waals surface area contributed by atoms with Crippen LogP contribution in [0.15, 0.2) is 0 Å². The minimum absolute atomic E-state index is 0.357. The first kappa shape index (κ1) is 16.0. The SMILES string of the molecule is [2H]C1([2H])C(C#N)(CCCC)C12CCCCCCCCCCCCCC2. The second-order valence-corrected chi connectivity index (χ2v) is 8.07. The van der Waals surface area contributed by atoms with E-state index in [0.29, 0.717) is 0 Å². The molecule has 1 heteroatoms. The fourth-order valence-electron chi connectivity index (χ4n) is 4.61. The van der Waals surface area contributed by atoms with Crippen LogP contribution in [0.3, 0.4) is 0 Å². The first-order valence-electron chi connectivity index (χ1n) is 11.5. The molecule has 0 aromatic carbocycles. The van der Waals surface area contributed by atoms with Crippen LogP contribution in [-0.2, 0) is 0 Å². The number of nitriles is 1. The second kappa shape index (κ2) is 9.71. The van der Waals surface area contributed by atoms with Gasteiger partial charge < -0.3 is 0 Å². The molecular formula is C22H39N. The van der Waals surface area contributed by atoms with Crippen molar-refractivity contribution < 1.29 is 2.74 Å². The maximum atomic E-state index is 9.95. The molecule has 0 bridgehead atoms. The Hall–Kier alpha value is -0.510. The normalized spacial score (nSPS) is 33.6. The molecule has 1 nitrogen and oxygen atoms in total. The van der Waals surface area contributed by atoms with Crippen LogP contribution in [0.4, 0.5) is 0 Å². The average molecular weight is 320 g/mol. The molecule has 1 spiro atoms.